The van der Waals surface area contributed by atoms with Crippen LogP contribution in [0.25, 0.3) is 16.7 Å². The Hall–Kier alpha value is -3.62. The van der Waals surface area contributed by atoms with Crippen molar-refractivity contribution in [2.24, 2.45) is 0 Å². The molecule has 3 heterocycles. The highest BCUT2D eigenvalue weighted by atomic mass is 19.1. The SMILES string of the molecule is Cc1nn(C(C)(C)C)c2nc(C3CC3)cc(C(=O)Nc3ccc(-n4cncn4)c(F)c3)c12. The Morgan fingerprint density at radius 2 is 2.00 bits per heavy atom. The predicted octanol–water partition coefficient (Wildman–Crippen LogP) is 4.34. The van der Waals surface area contributed by atoms with Crippen LogP contribution >= 0.6 is 0 Å². The third kappa shape index (κ3) is 3.53. The highest BCUT2D eigenvalue weighted by molar-refractivity contribution is 6.12. The van der Waals surface area contributed by atoms with E-state index in [0.717, 1.165) is 29.6 Å². The Morgan fingerprint density at radius 3 is 2.62 bits per heavy atom. The normalized spacial score (nSPS) is 14.2. The maximum absolute atomic E-state index is 14.6. The minimum atomic E-state index is -0.511. The number of nitrogens with one attached hydrogen (secondary N) is 1. The van der Waals surface area contributed by atoms with Crippen molar-refractivity contribution in [2.75, 3.05) is 5.32 Å². The molecule has 0 radical (unpaired) electrons. The van der Waals surface area contributed by atoms with Crippen LogP contribution in [0.15, 0.2) is 36.9 Å². The van der Waals surface area contributed by atoms with Crippen molar-refractivity contribution < 1.29 is 9.18 Å². The number of aryl methyl sites for hydroxylation is 1. The standard InChI is InChI=1S/C23H24FN7O/c1-13-20-16(10-18(14-5-6-14)28-21(20)31(29-13)23(2,3)4)22(32)27-15-7-8-19(17(24)9-15)30-12-25-11-26-30/h7-12,14H,5-6H2,1-4H3,(H,27,32). The van der Waals surface area contributed by atoms with Crippen LogP contribution in [0.5, 0.6) is 0 Å². The molecule has 4 aromatic rings. The highest BCUT2D eigenvalue weighted by Crippen LogP contribution is 2.41. The molecule has 32 heavy (non-hydrogen) atoms. The van der Waals surface area contributed by atoms with Gasteiger partial charge in [0, 0.05) is 17.3 Å². The number of hydrogen-bond donors (Lipinski definition) is 1. The zero-order chi connectivity index (χ0) is 22.6. The average molecular weight is 433 g/mol. The summed E-state index contributed by atoms with van der Waals surface area (Å²) in [5.41, 5.74) is 3.18. The highest BCUT2D eigenvalue weighted by Gasteiger charge is 2.30. The van der Waals surface area contributed by atoms with Gasteiger partial charge >= 0.3 is 0 Å². The van der Waals surface area contributed by atoms with Crippen molar-refractivity contribution >= 4 is 22.6 Å². The van der Waals surface area contributed by atoms with Crippen LogP contribution in [0.2, 0.25) is 0 Å². The second kappa shape index (κ2) is 7.22. The van der Waals surface area contributed by atoms with Gasteiger partial charge in [0.05, 0.1) is 22.2 Å². The molecule has 1 fully saturated rings. The van der Waals surface area contributed by atoms with Gasteiger partial charge in [0.1, 0.15) is 18.3 Å². The Labute approximate surface area is 184 Å². The van der Waals surface area contributed by atoms with Crippen LogP contribution in [0.3, 0.4) is 0 Å². The first kappa shape index (κ1) is 20.3. The fourth-order valence-electron chi connectivity index (χ4n) is 3.84. The van der Waals surface area contributed by atoms with E-state index in [-0.39, 0.29) is 17.1 Å². The first-order valence-electron chi connectivity index (χ1n) is 10.6. The van der Waals surface area contributed by atoms with Crippen molar-refractivity contribution in [1.82, 2.24) is 29.5 Å². The summed E-state index contributed by atoms with van der Waals surface area (Å²) >= 11 is 0. The molecule has 1 aliphatic rings. The number of carbonyl (C=O) groups excluding carboxylic acids is 1. The van der Waals surface area contributed by atoms with Gasteiger partial charge in [-0.05, 0) is 64.8 Å². The van der Waals surface area contributed by atoms with E-state index in [9.17, 15) is 9.18 Å². The molecule has 1 amide bonds. The Balaban J connectivity index is 1.55. The van der Waals surface area contributed by atoms with E-state index in [1.54, 1.807) is 12.1 Å². The smallest absolute Gasteiger partial charge is 0.256 e. The fraction of sp³-hybridized carbons (Fsp3) is 0.348. The van der Waals surface area contributed by atoms with E-state index in [1.807, 2.05) is 17.7 Å². The summed E-state index contributed by atoms with van der Waals surface area (Å²) < 4.78 is 17.8. The molecule has 0 bridgehead atoms. The van der Waals surface area contributed by atoms with Crippen LogP contribution in [-0.2, 0) is 5.54 Å². The van der Waals surface area contributed by atoms with Crippen LogP contribution < -0.4 is 5.32 Å². The predicted molar refractivity (Wildman–Crippen MR) is 119 cm³/mol. The number of hydrogen-bond acceptors (Lipinski definition) is 5. The van der Waals surface area contributed by atoms with E-state index in [0.29, 0.717) is 22.8 Å². The van der Waals surface area contributed by atoms with Gasteiger partial charge in [-0.2, -0.15) is 10.2 Å². The largest absolute Gasteiger partial charge is 0.322 e. The number of benzene rings is 1. The summed E-state index contributed by atoms with van der Waals surface area (Å²) in [6, 6.07) is 6.33. The second-order valence-corrected chi connectivity index (χ2v) is 9.20. The van der Waals surface area contributed by atoms with Gasteiger partial charge in [-0.1, -0.05) is 0 Å². The van der Waals surface area contributed by atoms with Crippen LogP contribution in [0.1, 0.15) is 61.3 Å². The molecule has 1 N–H and O–H groups in total. The molecule has 0 spiro atoms. The monoisotopic (exact) mass is 433 g/mol. The van der Waals surface area contributed by atoms with Crippen molar-refractivity contribution in [3.63, 3.8) is 0 Å². The first-order chi connectivity index (χ1) is 15.2. The van der Waals surface area contributed by atoms with Crippen molar-refractivity contribution in [3.8, 4) is 5.69 Å². The lowest BCUT2D eigenvalue weighted by molar-refractivity contribution is 0.102. The molecule has 1 aliphatic carbocycles. The Bertz CT molecular complexity index is 1330. The summed E-state index contributed by atoms with van der Waals surface area (Å²) in [7, 11) is 0. The van der Waals surface area contributed by atoms with E-state index in [2.05, 4.69) is 41.3 Å². The minimum absolute atomic E-state index is 0.255. The molecule has 0 saturated heterocycles. The second-order valence-electron chi connectivity index (χ2n) is 9.20. The molecular weight excluding hydrogens is 409 g/mol. The number of rotatable bonds is 4. The van der Waals surface area contributed by atoms with Crippen LogP contribution in [0, 0.1) is 12.7 Å². The topological polar surface area (TPSA) is 90.5 Å². The molecule has 9 heteroatoms. The van der Waals surface area contributed by atoms with Gasteiger partial charge in [-0.25, -0.2) is 23.7 Å². The summed E-state index contributed by atoms with van der Waals surface area (Å²) in [5, 5.41) is 12.2. The number of nitrogens with zero attached hydrogens (tertiary/aromatic N) is 6. The van der Waals surface area contributed by atoms with E-state index in [4.69, 9.17) is 4.98 Å². The molecule has 8 nitrogen and oxygen atoms in total. The third-order valence-corrected chi connectivity index (χ3v) is 5.58. The molecule has 1 saturated carbocycles. The molecule has 0 unspecified atom stereocenters. The minimum Gasteiger partial charge on any atom is -0.322 e. The summed E-state index contributed by atoms with van der Waals surface area (Å²) in [4.78, 5) is 22.0. The first-order valence-corrected chi connectivity index (χ1v) is 10.6. The quantitative estimate of drug-likeness (QED) is 0.517. The molecule has 3 aromatic heterocycles. The number of carbonyl (C=O) groups is 1. The molecule has 5 rings (SSSR count). The van der Waals surface area contributed by atoms with E-state index >= 15 is 0 Å². The van der Waals surface area contributed by atoms with E-state index < -0.39 is 5.82 Å². The molecule has 1 aromatic carbocycles. The Morgan fingerprint density at radius 1 is 1.22 bits per heavy atom. The van der Waals surface area contributed by atoms with Gasteiger partial charge in [-0.3, -0.25) is 4.79 Å². The summed E-state index contributed by atoms with van der Waals surface area (Å²) in [5.74, 6) is -0.457. The summed E-state index contributed by atoms with van der Waals surface area (Å²) in [6.45, 7) is 8.06. The lowest BCUT2D eigenvalue weighted by Crippen LogP contribution is -2.23. The number of halogens is 1. The molecule has 0 aliphatic heterocycles. The molecular formula is C23H24FN7O. The van der Waals surface area contributed by atoms with Gasteiger partial charge < -0.3 is 5.32 Å². The fourth-order valence-corrected chi connectivity index (χ4v) is 3.84. The number of aromatic nitrogens is 6. The zero-order valence-corrected chi connectivity index (χ0v) is 18.4. The van der Waals surface area contributed by atoms with E-state index in [1.165, 1.54) is 23.4 Å². The van der Waals surface area contributed by atoms with Gasteiger partial charge in [-0.15, -0.1) is 0 Å². The van der Waals surface area contributed by atoms with Crippen LogP contribution in [0.4, 0.5) is 10.1 Å². The number of anilines is 1. The van der Waals surface area contributed by atoms with Gasteiger partial charge in [0.2, 0.25) is 0 Å². The number of fused-ring (bicyclic) bond motifs is 1. The van der Waals surface area contributed by atoms with Crippen molar-refractivity contribution in [3.05, 3.63) is 59.7 Å². The lowest BCUT2D eigenvalue weighted by atomic mass is 10.1. The maximum Gasteiger partial charge on any atom is 0.256 e. The Kier molecular flexibility index (Phi) is 4.58. The van der Waals surface area contributed by atoms with Crippen molar-refractivity contribution in [2.45, 2.75) is 52.0 Å². The lowest BCUT2D eigenvalue weighted by Gasteiger charge is -2.20. The summed E-state index contributed by atoms with van der Waals surface area (Å²) in [6.07, 6.45) is 4.88. The molecule has 164 valence electrons. The number of pyridine rings is 1. The number of amides is 1. The van der Waals surface area contributed by atoms with Gasteiger partial charge in [0.25, 0.3) is 5.91 Å². The third-order valence-electron chi connectivity index (χ3n) is 5.58. The van der Waals surface area contributed by atoms with Crippen LogP contribution in [-0.4, -0.2) is 35.4 Å². The average Bonchev–Trinajstić information content (AvgIpc) is 3.33. The van der Waals surface area contributed by atoms with Gasteiger partial charge in [0.15, 0.2) is 11.5 Å². The maximum atomic E-state index is 14.6. The molecule has 0 atom stereocenters. The zero-order valence-electron chi connectivity index (χ0n) is 18.4. The van der Waals surface area contributed by atoms with Crippen molar-refractivity contribution in [1.29, 1.82) is 0 Å².